The molecule has 0 N–H and O–H groups in total. The zero-order chi connectivity index (χ0) is 32.7. The molecule has 0 unspecified atom stereocenters. The van der Waals surface area contributed by atoms with Gasteiger partial charge in [-0.25, -0.2) is 9.59 Å². The molecular weight excluding hydrogens is 560 g/mol. The third-order valence-electron chi connectivity index (χ3n) is 6.67. The van der Waals surface area contributed by atoms with E-state index < -0.39 is 11.9 Å². The van der Waals surface area contributed by atoms with Crippen LogP contribution in [0, 0.1) is 0 Å². The summed E-state index contributed by atoms with van der Waals surface area (Å²) in [4.78, 5) is 32.5. The van der Waals surface area contributed by atoms with Crippen molar-refractivity contribution in [3.8, 4) is 0 Å². The summed E-state index contributed by atoms with van der Waals surface area (Å²) in [6.07, 6.45) is 53.7. The van der Waals surface area contributed by atoms with Crippen molar-refractivity contribution in [1.29, 1.82) is 0 Å². The Kier molecular flexibility index (Phi) is 34.4. The summed E-state index contributed by atoms with van der Waals surface area (Å²) < 4.78 is 0. The Bertz CT molecular complexity index is 843. The quantitative estimate of drug-likeness (QED) is 0.0345. The molecule has 0 spiro atoms. The van der Waals surface area contributed by atoms with E-state index in [2.05, 4.69) is 126 Å². The van der Waals surface area contributed by atoms with Gasteiger partial charge in [0.2, 0.25) is 0 Å². The maximum Gasteiger partial charge on any atom is 0.346 e. The van der Waals surface area contributed by atoms with E-state index in [0.29, 0.717) is 12.8 Å². The lowest BCUT2D eigenvalue weighted by molar-refractivity contribution is -0.459. The van der Waals surface area contributed by atoms with Gasteiger partial charge in [-0.3, -0.25) is 9.78 Å². The molecule has 0 amide bonds. The molecular formula is C40H62O5. The Morgan fingerprint density at radius 3 is 0.933 bits per heavy atom. The van der Waals surface area contributed by atoms with Gasteiger partial charge in [0.1, 0.15) is 0 Å². The molecule has 0 aromatic rings. The van der Waals surface area contributed by atoms with Crippen LogP contribution in [0.15, 0.2) is 97.2 Å². The lowest BCUT2D eigenvalue weighted by Gasteiger charge is -2.01. The fraction of sp³-hybridized carbons (Fsp3) is 0.550. The fourth-order valence-corrected chi connectivity index (χ4v) is 4.03. The first-order valence-corrected chi connectivity index (χ1v) is 17.5. The lowest BCUT2D eigenvalue weighted by atomic mass is 10.2. The number of hydrogen-bond acceptors (Lipinski definition) is 5. The van der Waals surface area contributed by atoms with Crippen molar-refractivity contribution in [1.82, 2.24) is 0 Å². The Morgan fingerprint density at radius 2 is 0.644 bits per heavy atom. The third-order valence-corrected chi connectivity index (χ3v) is 6.67. The molecule has 0 aliphatic rings. The minimum Gasteiger partial charge on any atom is -0.260 e. The van der Waals surface area contributed by atoms with E-state index >= 15 is 0 Å². The van der Waals surface area contributed by atoms with Crippen LogP contribution in [0.4, 0.5) is 0 Å². The van der Waals surface area contributed by atoms with Gasteiger partial charge in [0.25, 0.3) is 0 Å². The second-order valence-electron chi connectivity index (χ2n) is 10.9. The number of carbonyl (C=O) groups is 2. The first kappa shape index (κ1) is 41.8. The molecule has 0 saturated heterocycles. The molecule has 0 radical (unpaired) electrons. The Morgan fingerprint density at radius 1 is 0.378 bits per heavy atom. The molecule has 5 heteroatoms. The fourth-order valence-electron chi connectivity index (χ4n) is 4.03. The summed E-state index contributed by atoms with van der Waals surface area (Å²) >= 11 is 0. The monoisotopic (exact) mass is 622 g/mol. The Balaban J connectivity index is 3.60. The molecule has 5 nitrogen and oxygen atoms in total. The molecule has 0 aromatic heterocycles. The van der Waals surface area contributed by atoms with Crippen LogP contribution in [0.2, 0.25) is 0 Å². The van der Waals surface area contributed by atoms with Crippen molar-refractivity contribution in [2.45, 2.75) is 142 Å². The van der Waals surface area contributed by atoms with Crippen LogP contribution in [0.3, 0.4) is 0 Å². The van der Waals surface area contributed by atoms with Gasteiger partial charge in [0, 0.05) is 17.9 Å². The van der Waals surface area contributed by atoms with Crippen LogP contribution in [0.25, 0.3) is 0 Å². The van der Waals surface area contributed by atoms with Gasteiger partial charge >= 0.3 is 11.9 Å². The summed E-state index contributed by atoms with van der Waals surface area (Å²) in [6, 6.07) is 0. The van der Waals surface area contributed by atoms with Gasteiger partial charge in [-0.15, -0.1) is 0 Å². The van der Waals surface area contributed by atoms with Crippen molar-refractivity contribution in [2.24, 2.45) is 0 Å². The van der Waals surface area contributed by atoms with Crippen molar-refractivity contribution >= 4 is 11.9 Å². The van der Waals surface area contributed by atoms with Gasteiger partial charge in [-0.05, 0) is 89.9 Å². The summed E-state index contributed by atoms with van der Waals surface area (Å²) in [7, 11) is 0. The minimum atomic E-state index is -0.556. The summed E-state index contributed by atoms with van der Waals surface area (Å²) in [5.41, 5.74) is 0. The predicted octanol–water partition coefficient (Wildman–Crippen LogP) is 12.2. The molecule has 45 heavy (non-hydrogen) atoms. The number of carbonyl (C=O) groups excluding carboxylic acids is 2. The summed E-state index contributed by atoms with van der Waals surface area (Å²) in [5.74, 6) is -1.11. The van der Waals surface area contributed by atoms with E-state index in [9.17, 15) is 9.59 Å². The molecule has 0 saturated carbocycles. The van der Waals surface area contributed by atoms with Crippen LogP contribution in [0.1, 0.15) is 142 Å². The first-order chi connectivity index (χ1) is 22.2. The lowest BCUT2D eigenvalue weighted by Crippen LogP contribution is -2.10. The topological polar surface area (TPSA) is 61.8 Å². The molecule has 0 aliphatic carbocycles. The zero-order valence-corrected chi connectivity index (χ0v) is 28.4. The van der Waals surface area contributed by atoms with E-state index in [-0.39, 0.29) is 12.8 Å². The van der Waals surface area contributed by atoms with E-state index in [1.54, 1.807) is 0 Å². The van der Waals surface area contributed by atoms with Crippen molar-refractivity contribution in [3.05, 3.63) is 97.2 Å². The first-order valence-electron chi connectivity index (χ1n) is 17.5. The smallest absolute Gasteiger partial charge is 0.260 e. The largest absolute Gasteiger partial charge is 0.346 e. The summed E-state index contributed by atoms with van der Waals surface area (Å²) in [5, 5.41) is 4.35. The number of unbranched alkanes of at least 4 members (excludes halogenated alkanes) is 8. The Hall–Kier alpha value is -3.18. The molecule has 252 valence electrons. The van der Waals surface area contributed by atoms with E-state index in [1.807, 2.05) is 0 Å². The minimum absolute atomic E-state index is 0.196. The molecule has 0 rings (SSSR count). The van der Waals surface area contributed by atoms with Gasteiger partial charge in [0.05, 0.1) is 0 Å². The molecule has 0 aliphatic heterocycles. The van der Waals surface area contributed by atoms with Crippen molar-refractivity contribution in [3.63, 3.8) is 0 Å². The van der Waals surface area contributed by atoms with Crippen LogP contribution < -0.4 is 0 Å². The van der Waals surface area contributed by atoms with Gasteiger partial charge in [0.15, 0.2) is 0 Å². The van der Waals surface area contributed by atoms with Crippen LogP contribution in [-0.4, -0.2) is 11.9 Å². The van der Waals surface area contributed by atoms with Crippen molar-refractivity contribution < 1.29 is 24.4 Å². The maximum atomic E-state index is 11.7. The van der Waals surface area contributed by atoms with Crippen LogP contribution >= 0.6 is 0 Å². The number of allylic oxidation sites excluding steroid dienone is 16. The molecule has 0 atom stereocenters. The van der Waals surface area contributed by atoms with E-state index in [4.69, 9.17) is 0 Å². The molecule has 0 aromatic carbocycles. The van der Waals surface area contributed by atoms with Crippen LogP contribution in [0.5, 0.6) is 0 Å². The number of rotatable bonds is 30. The SMILES string of the molecule is CCCCC/C=C\C/C=C\C/C=C\C/C=C\CCCC(=O)OOOC(=O)CCC/C=C\C/C=C\C/C=C\C/C=C\CCCCC. The highest BCUT2D eigenvalue weighted by molar-refractivity contribution is 5.69. The third kappa shape index (κ3) is 36.9. The highest BCUT2D eigenvalue weighted by atomic mass is 17.5. The van der Waals surface area contributed by atoms with Gasteiger partial charge in [-0.1, -0.05) is 137 Å². The highest BCUT2D eigenvalue weighted by Gasteiger charge is 2.08. The second kappa shape index (κ2) is 37.0. The Labute approximate surface area is 275 Å². The summed E-state index contributed by atoms with van der Waals surface area (Å²) in [6.45, 7) is 4.46. The molecule has 0 heterocycles. The normalized spacial score (nSPS) is 12.7. The standard InChI is InChI=1S/C40H62O5/c1-3-5-7-9-11-13-15-17-19-21-23-25-27-29-31-33-35-37-39(41)43-45-44-40(42)38-36-34-32-30-28-26-24-22-20-18-16-14-12-10-8-6-4-2/h11-14,17-20,23-26,29-32H,3-10,15-16,21-22,27-28,33-38H2,1-2H3/b13-11-,14-12-,19-17-,20-18-,25-23-,26-24-,31-29-,32-30-. The van der Waals surface area contributed by atoms with Crippen molar-refractivity contribution in [2.75, 3.05) is 0 Å². The van der Waals surface area contributed by atoms with E-state index in [1.165, 1.54) is 51.4 Å². The molecule has 0 fully saturated rings. The predicted molar refractivity (Wildman–Crippen MR) is 190 cm³/mol. The van der Waals surface area contributed by atoms with Gasteiger partial charge in [-0.2, -0.15) is 0 Å². The maximum absolute atomic E-state index is 11.7. The average Bonchev–Trinajstić information content (AvgIpc) is 3.04. The average molecular weight is 623 g/mol. The van der Waals surface area contributed by atoms with Gasteiger partial charge < -0.3 is 0 Å². The van der Waals surface area contributed by atoms with Crippen LogP contribution in [-0.2, 0) is 24.4 Å². The number of hydrogen-bond donors (Lipinski definition) is 0. The van der Waals surface area contributed by atoms with E-state index in [0.717, 1.165) is 51.4 Å². The highest BCUT2D eigenvalue weighted by Crippen LogP contribution is 2.05. The zero-order valence-electron chi connectivity index (χ0n) is 28.4. The second-order valence-corrected chi connectivity index (χ2v) is 10.9. The molecule has 0 bridgehead atoms.